The number of halogens is 1. The maximum atomic E-state index is 8.83. The van der Waals surface area contributed by atoms with E-state index in [-0.39, 0.29) is 6.04 Å². The smallest absolute Gasteiger partial charge is 0.121 e. The second-order valence-electron chi connectivity index (χ2n) is 2.67. The van der Waals surface area contributed by atoms with E-state index >= 15 is 0 Å². The molecule has 0 aromatic heterocycles. The van der Waals surface area contributed by atoms with Gasteiger partial charge in [-0.05, 0) is 24.2 Å². The lowest BCUT2D eigenvalue weighted by Crippen LogP contribution is -2.18. The molecule has 0 aliphatic carbocycles. The molecule has 2 nitrogen and oxygen atoms in total. The molecule has 0 saturated carbocycles. The molecule has 13 heavy (non-hydrogen) atoms. The maximum Gasteiger partial charge on any atom is 0.121 e. The van der Waals surface area contributed by atoms with Crippen molar-refractivity contribution in [2.75, 3.05) is 6.54 Å². The van der Waals surface area contributed by atoms with E-state index in [2.05, 4.69) is 11.4 Å². The van der Waals surface area contributed by atoms with Crippen LogP contribution < -0.4 is 5.32 Å². The van der Waals surface area contributed by atoms with Gasteiger partial charge >= 0.3 is 0 Å². The number of nitrogens with one attached hydrogen (secondary N) is 1. The summed E-state index contributed by atoms with van der Waals surface area (Å²) in [4.78, 5) is 0. The number of nitrogens with zero attached hydrogens (tertiary/aromatic N) is 1. The zero-order chi connectivity index (χ0) is 9.68. The van der Waals surface area contributed by atoms with Crippen LogP contribution in [-0.4, -0.2) is 6.54 Å². The van der Waals surface area contributed by atoms with Gasteiger partial charge in [0.2, 0.25) is 0 Å². The van der Waals surface area contributed by atoms with E-state index in [0.29, 0.717) is 5.02 Å². The lowest BCUT2D eigenvalue weighted by atomic mass is 10.1. The Morgan fingerprint density at radius 3 is 2.54 bits per heavy atom. The van der Waals surface area contributed by atoms with Gasteiger partial charge < -0.3 is 0 Å². The molecule has 0 amide bonds. The van der Waals surface area contributed by atoms with E-state index < -0.39 is 0 Å². The third kappa shape index (κ3) is 2.73. The predicted octanol–water partition coefficient (Wildman–Crippen LogP) is 2.51. The average Bonchev–Trinajstić information content (AvgIpc) is 2.16. The first kappa shape index (κ1) is 10.0. The second kappa shape index (κ2) is 4.86. The Morgan fingerprint density at radius 1 is 1.46 bits per heavy atom. The number of benzene rings is 1. The van der Waals surface area contributed by atoms with E-state index in [1.54, 1.807) is 12.1 Å². The van der Waals surface area contributed by atoms with Crippen molar-refractivity contribution in [1.82, 2.24) is 5.32 Å². The van der Waals surface area contributed by atoms with Crippen molar-refractivity contribution in [2.45, 2.75) is 13.0 Å². The van der Waals surface area contributed by atoms with Crippen molar-refractivity contribution < 1.29 is 0 Å². The molecule has 0 aliphatic rings. The van der Waals surface area contributed by atoms with Crippen LogP contribution in [0.2, 0.25) is 5.02 Å². The summed E-state index contributed by atoms with van der Waals surface area (Å²) in [6.45, 7) is 2.75. The van der Waals surface area contributed by atoms with Crippen LogP contribution in [-0.2, 0) is 0 Å². The average molecular weight is 195 g/mol. The molecule has 0 heterocycles. The Labute approximate surface area is 83.1 Å². The molecule has 1 aromatic carbocycles. The van der Waals surface area contributed by atoms with Crippen molar-refractivity contribution >= 4 is 11.6 Å². The Balaban J connectivity index is 2.81. The first-order chi connectivity index (χ1) is 6.27. The summed E-state index contributed by atoms with van der Waals surface area (Å²) in [7, 11) is 0. The Hall–Kier alpha value is -1.04. The van der Waals surface area contributed by atoms with E-state index in [1.165, 1.54) is 0 Å². The van der Waals surface area contributed by atoms with Crippen LogP contribution in [0.1, 0.15) is 18.5 Å². The molecular formula is C10H11ClN2. The number of hydrogen-bond acceptors (Lipinski definition) is 2. The van der Waals surface area contributed by atoms with Crippen LogP contribution >= 0.6 is 11.6 Å². The molecule has 0 spiro atoms. The zero-order valence-electron chi connectivity index (χ0n) is 7.42. The summed E-state index contributed by atoms with van der Waals surface area (Å²) < 4.78 is 0. The largest absolute Gasteiger partial charge is 0.298 e. The third-order valence-corrected chi connectivity index (χ3v) is 1.99. The summed E-state index contributed by atoms with van der Waals surface area (Å²) in [5.41, 5.74) is 0.953. The highest BCUT2D eigenvalue weighted by Gasteiger charge is 2.07. The van der Waals surface area contributed by atoms with Gasteiger partial charge in [0.15, 0.2) is 0 Å². The molecule has 0 fully saturated rings. The van der Waals surface area contributed by atoms with Crippen LogP contribution in [0.5, 0.6) is 0 Å². The normalized spacial score (nSPS) is 12.1. The monoisotopic (exact) mass is 194 g/mol. The highest BCUT2D eigenvalue weighted by Crippen LogP contribution is 2.15. The van der Waals surface area contributed by atoms with Crippen molar-refractivity contribution in [3.8, 4) is 6.07 Å². The molecular weight excluding hydrogens is 184 g/mol. The van der Waals surface area contributed by atoms with Gasteiger partial charge in [-0.2, -0.15) is 5.26 Å². The van der Waals surface area contributed by atoms with Gasteiger partial charge in [-0.1, -0.05) is 30.7 Å². The topological polar surface area (TPSA) is 35.8 Å². The van der Waals surface area contributed by atoms with Crippen LogP contribution in [0.3, 0.4) is 0 Å². The van der Waals surface area contributed by atoms with Gasteiger partial charge in [0.05, 0.1) is 6.07 Å². The van der Waals surface area contributed by atoms with Gasteiger partial charge in [0.1, 0.15) is 6.04 Å². The number of hydrogen-bond donors (Lipinski definition) is 1. The number of nitriles is 1. The molecule has 68 valence electrons. The van der Waals surface area contributed by atoms with E-state index in [0.717, 1.165) is 12.1 Å². The Morgan fingerprint density at radius 2 is 2.08 bits per heavy atom. The van der Waals surface area contributed by atoms with Gasteiger partial charge in [-0.25, -0.2) is 0 Å². The first-order valence-corrected chi connectivity index (χ1v) is 4.54. The molecule has 3 heteroatoms. The maximum absolute atomic E-state index is 8.83. The van der Waals surface area contributed by atoms with E-state index in [1.807, 2.05) is 19.1 Å². The minimum Gasteiger partial charge on any atom is -0.298 e. The molecule has 0 aliphatic heterocycles. The minimum atomic E-state index is -0.234. The van der Waals surface area contributed by atoms with Crippen molar-refractivity contribution in [3.05, 3.63) is 34.9 Å². The first-order valence-electron chi connectivity index (χ1n) is 4.16. The minimum absolute atomic E-state index is 0.234. The zero-order valence-corrected chi connectivity index (χ0v) is 8.17. The molecule has 0 saturated heterocycles. The van der Waals surface area contributed by atoms with Crippen molar-refractivity contribution in [1.29, 1.82) is 5.26 Å². The number of rotatable bonds is 3. The molecule has 1 aromatic rings. The van der Waals surface area contributed by atoms with Crippen LogP contribution in [0.25, 0.3) is 0 Å². The molecule has 1 unspecified atom stereocenters. The molecule has 0 bridgehead atoms. The van der Waals surface area contributed by atoms with Gasteiger partial charge in [-0.15, -0.1) is 0 Å². The highest BCUT2D eigenvalue weighted by atomic mass is 35.5. The quantitative estimate of drug-likeness (QED) is 0.803. The predicted molar refractivity (Wildman–Crippen MR) is 53.5 cm³/mol. The Kier molecular flexibility index (Phi) is 3.75. The summed E-state index contributed by atoms with van der Waals surface area (Å²) in [6, 6.07) is 9.25. The summed E-state index contributed by atoms with van der Waals surface area (Å²) >= 11 is 5.73. The van der Waals surface area contributed by atoms with Gasteiger partial charge in [0.25, 0.3) is 0 Å². The van der Waals surface area contributed by atoms with E-state index in [4.69, 9.17) is 16.9 Å². The van der Waals surface area contributed by atoms with Crippen LogP contribution in [0, 0.1) is 11.3 Å². The Bertz CT molecular complexity index is 300. The second-order valence-corrected chi connectivity index (χ2v) is 3.11. The molecule has 1 N–H and O–H groups in total. The fourth-order valence-corrected chi connectivity index (χ4v) is 1.22. The lowest BCUT2D eigenvalue weighted by Gasteiger charge is -2.09. The third-order valence-electron chi connectivity index (χ3n) is 1.74. The van der Waals surface area contributed by atoms with Crippen LogP contribution in [0.4, 0.5) is 0 Å². The fraction of sp³-hybridized carbons (Fsp3) is 0.300. The summed E-state index contributed by atoms with van der Waals surface area (Å²) in [6.07, 6.45) is 0. The fourth-order valence-electron chi connectivity index (χ4n) is 1.10. The molecule has 1 rings (SSSR count). The van der Waals surface area contributed by atoms with E-state index in [9.17, 15) is 0 Å². The molecule has 1 atom stereocenters. The van der Waals surface area contributed by atoms with Crippen molar-refractivity contribution in [2.24, 2.45) is 0 Å². The van der Waals surface area contributed by atoms with Crippen LogP contribution in [0.15, 0.2) is 24.3 Å². The van der Waals surface area contributed by atoms with Crippen molar-refractivity contribution in [3.63, 3.8) is 0 Å². The molecule has 0 radical (unpaired) electrons. The summed E-state index contributed by atoms with van der Waals surface area (Å²) in [5.74, 6) is 0. The van der Waals surface area contributed by atoms with Gasteiger partial charge in [-0.3, -0.25) is 5.32 Å². The highest BCUT2D eigenvalue weighted by molar-refractivity contribution is 6.30. The lowest BCUT2D eigenvalue weighted by molar-refractivity contribution is 0.658. The summed E-state index contributed by atoms with van der Waals surface area (Å²) in [5, 5.41) is 12.6. The SMILES string of the molecule is CCNC(C#N)c1ccc(Cl)cc1. The van der Waals surface area contributed by atoms with Gasteiger partial charge in [0, 0.05) is 5.02 Å². The standard InChI is InChI=1S/C10H11ClN2/c1-2-13-10(7-12)8-3-5-9(11)6-4-8/h3-6,10,13H,2H2,1H3.